The van der Waals surface area contributed by atoms with E-state index >= 15 is 0 Å². The lowest BCUT2D eigenvalue weighted by molar-refractivity contribution is -0.137. The summed E-state index contributed by atoms with van der Waals surface area (Å²) < 4.78 is 1.90. The normalized spacial score (nSPS) is 12.4. The zero-order valence-corrected chi connectivity index (χ0v) is 13.2. The molecule has 0 spiro atoms. The summed E-state index contributed by atoms with van der Waals surface area (Å²) in [5.41, 5.74) is 1.41. The number of amides is 1. The Labute approximate surface area is 125 Å². The maximum Gasteiger partial charge on any atom is 0.303 e. The predicted molar refractivity (Wildman–Crippen MR) is 80.3 cm³/mol. The molecule has 0 radical (unpaired) electrons. The quantitative estimate of drug-likeness (QED) is 0.771. The largest absolute Gasteiger partial charge is 0.481 e. The maximum absolute atomic E-state index is 12.2. The van der Waals surface area contributed by atoms with E-state index < -0.39 is 5.97 Å². The molecule has 0 aromatic carbocycles. The molecular formula is C15H25N3O3. The molecule has 2 N–H and O–H groups in total. The van der Waals surface area contributed by atoms with E-state index in [0.29, 0.717) is 18.2 Å². The van der Waals surface area contributed by atoms with Crippen LogP contribution in [-0.2, 0) is 4.79 Å². The minimum atomic E-state index is -0.852. The van der Waals surface area contributed by atoms with Crippen LogP contribution in [0.4, 0.5) is 0 Å². The average molecular weight is 295 g/mol. The second kappa shape index (κ2) is 7.81. The van der Waals surface area contributed by atoms with Gasteiger partial charge in [0.15, 0.2) is 0 Å². The number of hydrogen-bond donors (Lipinski definition) is 2. The van der Waals surface area contributed by atoms with Crippen molar-refractivity contribution in [3.8, 4) is 0 Å². The van der Waals surface area contributed by atoms with Gasteiger partial charge in [-0.15, -0.1) is 0 Å². The Morgan fingerprint density at radius 2 is 2.00 bits per heavy atom. The topological polar surface area (TPSA) is 84.2 Å². The van der Waals surface area contributed by atoms with E-state index in [1.54, 1.807) is 13.1 Å². The number of carboxylic acids is 1. The van der Waals surface area contributed by atoms with Gasteiger partial charge in [-0.25, -0.2) is 0 Å². The molecule has 118 valence electrons. The minimum Gasteiger partial charge on any atom is -0.481 e. The lowest BCUT2D eigenvalue weighted by Crippen LogP contribution is -2.29. The third-order valence-electron chi connectivity index (χ3n) is 3.71. The van der Waals surface area contributed by atoms with Gasteiger partial charge >= 0.3 is 5.97 Å². The number of carbonyl (C=O) groups is 2. The van der Waals surface area contributed by atoms with E-state index in [1.165, 1.54) is 0 Å². The molecule has 6 heteroatoms. The van der Waals surface area contributed by atoms with Crippen LogP contribution in [0.2, 0.25) is 0 Å². The first kappa shape index (κ1) is 17.2. The molecule has 0 saturated heterocycles. The molecule has 0 bridgehead atoms. The van der Waals surface area contributed by atoms with Crippen molar-refractivity contribution in [2.24, 2.45) is 5.92 Å². The summed E-state index contributed by atoms with van der Waals surface area (Å²) in [5, 5.41) is 15.8. The first-order valence-corrected chi connectivity index (χ1v) is 7.44. The van der Waals surface area contributed by atoms with Crippen LogP contribution < -0.4 is 5.32 Å². The molecule has 1 unspecified atom stereocenters. The monoisotopic (exact) mass is 295 g/mol. The van der Waals surface area contributed by atoms with Gasteiger partial charge in [0.1, 0.15) is 0 Å². The maximum atomic E-state index is 12.2. The fourth-order valence-corrected chi connectivity index (χ4v) is 2.38. The lowest BCUT2D eigenvalue weighted by atomic mass is 10.1. The van der Waals surface area contributed by atoms with Crippen molar-refractivity contribution in [1.29, 1.82) is 0 Å². The number of carbonyl (C=O) groups excluding carboxylic acids is 1. The Kier molecular flexibility index (Phi) is 6.39. The van der Waals surface area contributed by atoms with Crippen molar-refractivity contribution >= 4 is 11.9 Å². The van der Waals surface area contributed by atoms with E-state index in [0.717, 1.165) is 18.5 Å². The van der Waals surface area contributed by atoms with E-state index in [2.05, 4.69) is 24.3 Å². The second-order valence-corrected chi connectivity index (χ2v) is 5.47. The van der Waals surface area contributed by atoms with Gasteiger partial charge < -0.3 is 10.4 Å². The van der Waals surface area contributed by atoms with Gasteiger partial charge in [-0.3, -0.25) is 14.3 Å². The minimum absolute atomic E-state index is 0.0479. The zero-order chi connectivity index (χ0) is 16.0. The standard InChI is InChI=1S/C15H25N3O3/c1-5-12(6-2)18-11(4)13(9-17-18)15(21)16-8-10(3)7-14(19)20/h9-10,12H,5-8H2,1-4H3,(H,16,21)(H,19,20). The molecule has 21 heavy (non-hydrogen) atoms. The fraction of sp³-hybridized carbons (Fsp3) is 0.667. The first-order chi connectivity index (χ1) is 9.90. The Bertz CT molecular complexity index is 492. The average Bonchev–Trinajstić information content (AvgIpc) is 2.79. The first-order valence-electron chi connectivity index (χ1n) is 7.44. The summed E-state index contributed by atoms with van der Waals surface area (Å²) in [6, 6.07) is 0.303. The van der Waals surface area contributed by atoms with E-state index in [9.17, 15) is 9.59 Å². The van der Waals surface area contributed by atoms with Crippen molar-refractivity contribution in [3.05, 3.63) is 17.5 Å². The third kappa shape index (κ3) is 4.58. The number of aliphatic carboxylic acids is 1. The van der Waals surface area contributed by atoms with Crippen molar-refractivity contribution in [1.82, 2.24) is 15.1 Å². The Hall–Kier alpha value is -1.85. The molecule has 1 rings (SSSR count). The highest BCUT2D eigenvalue weighted by atomic mass is 16.4. The number of nitrogens with one attached hydrogen (secondary N) is 1. The fourth-order valence-electron chi connectivity index (χ4n) is 2.38. The van der Waals surface area contributed by atoms with Crippen LogP contribution in [0.1, 0.15) is 62.1 Å². The number of nitrogens with zero attached hydrogens (tertiary/aromatic N) is 2. The zero-order valence-electron chi connectivity index (χ0n) is 13.2. The van der Waals surface area contributed by atoms with Gasteiger partial charge in [-0.05, 0) is 25.7 Å². The van der Waals surface area contributed by atoms with Crippen LogP contribution in [0.5, 0.6) is 0 Å². The smallest absolute Gasteiger partial charge is 0.303 e. The van der Waals surface area contributed by atoms with Gasteiger partial charge in [0.25, 0.3) is 5.91 Å². The Balaban J connectivity index is 2.69. The highest BCUT2D eigenvalue weighted by molar-refractivity contribution is 5.95. The second-order valence-electron chi connectivity index (χ2n) is 5.47. The van der Waals surface area contributed by atoms with Crippen LogP contribution in [0.15, 0.2) is 6.20 Å². The van der Waals surface area contributed by atoms with Gasteiger partial charge in [-0.1, -0.05) is 20.8 Å². The lowest BCUT2D eigenvalue weighted by Gasteiger charge is -2.15. The third-order valence-corrected chi connectivity index (χ3v) is 3.71. The molecule has 0 fully saturated rings. The van der Waals surface area contributed by atoms with Gasteiger partial charge in [-0.2, -0.15) is 5.10 Å². The summed E-state index contributed by atoms with van der Waals surface area (Å²) in [4.78, 5) is 22.8. The molecular weight excluding hydrogens is 270 g/mol. The molecule has 1 heterocycles. The highest BCUT2D eigenvalue weighted by Crippen LogP contribution is 2.19. The molecule has 1 aromatic rings. The van der Waals surface area contributed by atoms with Crippen LogP contribution in [0.25, 0.3) is 0 Å². The summed E-state index contributed by atoms with van der Waals surface area (Å²) >= 11 is 0. The SMILES string of the molecule is CCC(CC)n1ncc(C(=O)NCC(C)CC(=O)O)c1C. The summed E-state index contributed by atoms with van der Waals surface area (Å²) in [6.45, 7) is 8.24. The van der Waals surface area contributed by atoms with E-state index in [-0.39, 0.29) is 18.2 Å². The van der Waals surface area contributed by atoms with Crippen LogP contribution in [0, 0.1) is 12.8 Å². The molecule has 1 amide bonds. The molecule has 0 aliphatic heterocycles. The number of hydrogen-bond acceptors (Lipinski definition) is 3. The predicted octanol–water partition coefficient (Wildman–Crippen LogP) is 2.39. The number of carboxylic acid groups (broad SMARTS) is 1. The molecule has 1 atom stereocenters. The van der Waals surface area contributed by atoms with Crippen LogP contribution >= 0.6 is 0 Å². The van der Waals surface area contributed by atoms with Crippen LogP contribution in [0.3, 0.4) is 0 Å². The molecule has 6 nitrogen and oxygen atoms in total. The van der Waals surface area contributed by atoms with Gasteiger partial charge in [0.05, 0.1) is 17.8 Å². The number of rotatable bonds is 8. The van der Waals surface area contributed by atoms with Crippen LogP contribution in [-0.4, -0.2) is 33.3 Å². The molecule has 0 aliphatic carbocycles. The van der Waals surface area contributed by atoms with Gasteiger partial charge in [0, 0.05) is 18.7 Å². The highest BCUT2D eigenvalue weighted by Gasteiger charge is 2.18. The summed E-state index contributed by atoms with van der Waals surface area (Å²) in [7, 11) is 0. The van der Waals surface area contributed by atoms with Crippen molar-refractivity contribution in [3.63, 3.8) is 0 Å². The van der Waals surface area contributed by atoms with Gasteiger partial charge in [0.2, 0.25) is 0 Å². The van der Waals surface area contributed by atoms with Crippen molar-refractivity contribution in [2.45, 2.75) is 53.0 Å². The molecule has 1 aromatic heterocycles. The summed E-state index contributed by atoms with van der Waals surface area (Å²) in [6.07, 6.45) is 3.57. The van der Waals surface area contributed by atoms with E-state index in [1.807, 2.05) is 11.6 Å². The van der Waals surface area contributed by atoms with Crippen molar-refractivity contribution in [2.75, 3.05) is 6.54 Å². The molecule has 0 aliphatic rings. The van der Waals surface area contributed by atoms with E-state index in [4.69, 9.17) is 5.11 Å². The molecule has 0 saturated carbocycles. The summed E-state index contributed by atoms with van der Waals surface area (Å²) in [5.74, 6) is -1.14. The number of aromatic nitrogens is 2. The van der Waals surface area contributed by atoms with Crippen molar-refractivity contribution < 1.29 is 14.7 Å². The Morgan fingerprint density at radius 3 is 2.52 bits per heavy atom. The Morgan fingerprint density at radius 1 is 1.38 bits per heavy atom.